The van der Waals surface area contributed by atoms with Crippen LogP contribution in [0.4, 0.5) is 4.79 Å². The zero-order valence-corrected chi connectivity index (χ0v) is 18.7. The van der Waals surface area contributed by atoms with E-state index >= 15 is 0 Å². The maximum atomic E-state index is 13.0. The van der Waals surface area contributed by atoms with Gasteiger partial charge in [0, 0.05) is 6.54 Å². The maximum absolute atomic E-state index is 13.0. The van der Waals surface area contributed by atoms with E-state index in [2.05, 4.69) is 5.32 Å². The number of nitriles is 1. The van der Waals surface area contributed by atoms with E-state index < -0.39 is 19.2 Å². The molecule has 3 rings (SSSR count). The van der Waals surface area contributed by atoms with Crippen molar-refractivity contribution in [2.45, 2.75) is 45.6 Å². The fourth-order valence-corrected chi connectivity index (χ4v) is 4.20. The minimum Gasteiger partial charge on any atom is -0.447 e. The van der Waals surface area contributed by atoms with Gasteiger partial charge in [0.1, 0.15) is 18.2 Å². The number of carbonyl (C=O) groups excluding carboxylic acids is 2. The molecule has 1 aliphatic carbocycles. The van der Waals surface area contributed by atoms with E-state index in [1.54, 1.807) is 11.0 Å². The van der Waals surface area contributed by atoms with Crippen molar-refractivity contribution in [2.75, 3.05) is 13.2 Å². The Kier molecular flexibility index (Phi) is 7.27. The number of amides is 2. The van der Waals surface area contributed by atoms with Crippen LogP contribution in [0.1, 0.15) is 32.8 Å². The Morgan fingerprint density at radius 2 is 2.03 bits per heavy atom. The highest BCUT2D eigenvalue weighted by Crippen LogP contribution is 2.50. The quantitative estimate of drug-likeness (QED) is 0.338. The first-order chi connectivity index (χ1) is 15.1. The SMILES string of the molecule is CC(C)(C)C=C(C#N)C(=O)N1C[C@@H]2C[C@@H]2[C@@H]1COC(=O)N[C@@H](Cc1ccccc1)B(O)O. The van der Waals surface area contributed by atoms with Crippen LogP contribution in [-0.4, -0.2) is 59.2 Å². The van der Waals surface area contributed by atoms with Gasteiger partial charge in [0.25, 0.3) is 5.91 Å². The summed E-state index contributed by atoms with van der Waals surface area (Å²) < 4.78 is 5.37. The number of nitrogens with zero attached hydrogens (tertiary/aromatic N) is 2. The summed E-state index contributed by atoms with van der Waals surface area (Å²) >= 11 is 0. The van der Waals surface area contributed by atoms with E-state index in [0.717, 1.165) is 12.0 Å². The van der Waals surface area contributed by atoms with Crippen molar-refractivity contribution in [3.8, 4) is 6.07 Å². The van der Waals surface area contributed by atoms with Gasteiger partial charge in [-0.25, -0.2) is 4.79 Å². The second kappa shape index (κ2) is 9.76. The van der Waals surface area contributed by atoms with Gasteiger partial charge in [-0.15, -0.1) is 0 Å². The highest BCUT2D eigenvalue weighted by Gasteiger charge is 2.54. The van der Waals surface area contributed by atoms with Gasteiger partial charge in [0.2, 0.25) is 0 Å². The molecule has 1 aromatic rings. The number of benzene rings is 1. The van der Waals surface area contributed by atoms with E-state index in [9.17, 15) is 24.9 Å². The van der Waals surface area contributed by atoms with E-state index in [4.69, 9.17) is 4.74 Å². The molecular weight excluding hydrogens is 409 g/mol. The van der Waals surface area contributed by atoms with Crippen LogP contribution < -0.4 is 5.32 Å². The van der Waals surface area contributed by atoms with Crippen LogP contribution in [-0.2, 0) is 16.0 Å². The number of rotatable bonds is 7. The van der Waals surface area contributed by atoms with Crippen molar-refractivity contribution in [3.63, 3.8) is 0 Å². The molecule has 1 aliphatic heterocycles. The van der Waals surface area contributed by atoms with Crippen molar-refractivity contribution < 1.29 is 24.4 Å². The molecule has 0 aromatic heterocycles. The van der Waals surface area contributed by atoms with Crippen molar-refractivity contribution in [1.29, 1.82) is 5.26 Å². The molecule has 1 aromatic carbocycles. The molecule has 1 heterocycles. The highest BCUT2D eigenvalue weighted by molar-refractivity contribution is 6.43. The average Bonchev–Trinajstić information content (AvgIpc) is 3.41. The summed E-state index contributed by atoms with van der Waals surface area (Å²) in [6, 6.07) is 10.9. The number of nitrogens with one attached hydrogen (secondary N) is 1. The predicted molar refractivity (Wildman–Crippen MR) is 119 cm³/mol. The molecule has 4 atom stereocenters. The number of hydrogen-bond acceptors (Lipinski definition) is 6. The summed E-state index contributed by atoms with van der Waals surface area (Å²) in [4.78, 5) is 26.9. The van der Waals surface area contributed by atoms with Gasteiger partial charge in [-0.2, -0.15) is 5.26 Å². The number of carbonyl (C=O) groups is 2. The molecule has 0 bridgehead atoms. The Morgan fingerprint density at radius 3 is 2.62 bits per heavy atom. The van der Waals surface area contributed by atoms with Crippen LogP contribution >= 0.6 is 0 Å². The Morgan fingerprint density at radius 1 is 1.34 bits per heavy atom. The first-order valence-electron chi connectivity index (χ1n) is 10.9. The summed E-state index contributed by atoms with van der Waals surface area (Å²) in [7, 11) is -1.75. The molecule has 3 N–H and O–H groups in total. The fraction of sp³-hybridized carbons (Fsp3) is 0.522. The number of ether oxygens (including phenoxy) is 1. The molecule has 9 heteroatoms. The Hall–Kier alpha value is -2.83. The largest absolute Gasteiger partial charge is 0.475 e. The normalized spacial score (nSPS) is 23.1. The molecule has 0 radical (unpaired) electrons. The molecular formula is C23H30BN3O5. The van der Waals surface area contributed by atoms with E-state index in [-0.39, 0.29) is 41.9 Å². The standard InChI is InChI=1S/C23H30BN3O5/c1-23(2,3)11-17(12-25)21(28)27-13-16-10-18(16)19(27)14-32-22(29)26-20(24(30)31)9-15-7-5-4-6-8-15/h4-8,11,16,18-20,30-31H,9-10,13-14H2,1-3H3,(H,26,29)/t16-,18-,19-,20-/m0/s1. The summed E-state index contributed by atoms with van der Waals surface area (Å²) in [6.07, 6.45) is 2.09. The lowest BCUT2D eigenvalue weighted by Crippen LogP contribution is -2.49. The zero-order chi connectivity index (χ0) is 23.5. The van der Waals surface area contributed by atoms with Gasteiger partial charge in [-0.1, -0.05) is 57.2 Å². The molecule has 32 heavy (non-hydrogen) atoms. The summed E-state index contributed by atoms with van der Waals surface area (Å²) in [6.45, 7) is 6.31. The Labute approximate surface area is 189 Å². The van der Waals surface area contributed by atoms with Crippen LogP contribution in [0, 0.1) is 28.6 Å². The fourth-order valence-electron chi connectivity index (χ4n) is 4.20. The van der Waals surface area contributed by atoms with Crippen molar-refractivity contribution >= 4 is 19.1 Å². The summed E-state index contributed by atoms with van der Waals surface area (Å²) in [5.74, 6) is -0.642. The van der Waals surface area contributed by atoms with Gasteiger partial charge >= 0.3 is 13.2 Å². The smallest absolute Gasteiger partial charge is 0.447 e. The molecule has 1 saturated carbocycles. The molecule has 0 unspecified atom stereocenters. The molecule has 2 amide bonds. The zero-order valence-electron chi connectivity index (χ0n) is 18.7. The molecule has 1 saturated heterocycles. The lowest BCUT2D eigenvalue weighted by atomic mass is 9.76. The second-order valence-electron chi connectivity index (χ2n) is 9.67. The maximum Gasteiger partial charge on any atom is 0.475 e. The first kappa shape index (κ1) is 23.8. The number of allylic oxidation sites excluding steroid dienone is 1. The first-order valence-corrected chi connectivity index (χ1v) is 10.9. The van der Waals surface area contributed by atoms with Crippen LogP contribution in [0.3, 0.4) is 0 Å². The van der Waals surface area contributed by atoms with E-state index in [1.165, 1.54) is 0 Å². The molecule has 0 spiro atoms. The predicted octanol–water partition coefficient (Wildman–Crippen LogP) is 1.68. The lowest BCUT2D eigenvalue weighted by molar-refractivity contribution is -0.129. The van der Waals surface area contributed by atoms with Crippen molar-refractivity contribution in [1.82, 2.24) is 10.2 Å². The second-order valence-corrected chi connectivity index (χ2v) is 9.67. The summed E-state index contributed by atoms with van der Waals surface area (Å²) in [5.41, 5.74) is 0.627. The van der Waals surface area contributed by atoms with Crippen LogP contribution in [0.5, 0.6) is 0 Å². The van der Waals surface area contributed by atoms with E-state index in [0.29, 0.717) is 12.5 Å². The van der Waals surface area contributed by atoms with Crippen LogP contribution in [0.15, 0.2) is 42.0 Å². The number of hydrogen-bond donors (Lipinski definition) is 3. The highest BCUT2D eigenvalue weighted by atomic mass is 16.5. The third kappa shape index (κ3) is 6.12. The monoisotopic (exact) mass is 439 g/mol. The van der Waals surface area contributed by atoms with Gasteiger partial charge in [-0.3, -0.25) is 4.79 Å². The topological polar surface area (TPSA) is 123 Å². The third-order valence-electron chi connectivity index (χ3n) is 5.84. The number of fused-ring (bicyclic) bond motifs is 1. The number of piperidine rings is 1. The minimum absolute atomic E-state index is 0.00739. The molecule has 170 valence electrons. The molecule has 2 fully saturated rings. The van der Waals surface area contributed by atoms with Gasteiger partial charge in [-0.05, 0) is 35.7 Å². The van der Waals surface area contributed by atoms with Crippen molar-refractivity contribution in [3.05, 3.63) is 47.5 Å². The molecule has 8 nitrogen and oxygen atoms in total. The average molecular weight is 439 g/mol. The number of likely N-dealkylation sites (tertiary alicyclic amines) is 1. The minimum atomic E-state index is -1.75. The Balaban J connectivity index is 1.59. The van der Waals surface area contributed by atoms with E-state index in [1.807, 2.05) is 57.2 Å². The van der Waals surface area contributed by atoms with Crippen LogP contribution in [0.2, 0.25) is 0 Å². The third-order valence-corrected chi connectivity index (χ3v) is 5.84. The van der Waals surface area contributed by atoms with Crippen LogP contribution in [0.25, 0.3) is 0 Å². The van der Waals surface area contributed by atoms with Gasteiger partial charge in [0.05, 0.1) is 12.0 Å². The Bertz CT molecular complexity index is 906. The lowest BCUT2D eigenvalue weighted by Gasteiger charge is -2.28. The molecule has 2 aliphatic rings. The number of alkyl carbamates (subject to hydrolysis) is 1. The van der Waals surface area contributed by atoms with Gasteiger partial charge in [0.15, 0.2) is 0 Å². The van der Waals surface area contributed by atoms with Crippen molar-refractivity contribution in [2.24, 2.45) is 17.3 Å². The van der Waals surface area contributed by atoms with Gasteiger partial charge < -0.3 is 25.0 Å². The summed E-state index contributed by atoms with van der Waals surface area (Å²) in [5, 5.41) is 31.2.